The Morgan fingerprint density at radius 1 is 0.949 bits per heavy atom. The van der Waals surface area contributed by atoms with E-state index < -0.39 is 11.6 Å². The third-order valence-corrected chi connectivity index (χ3v) is 6.44. The summed E-state index contributed by atoms with van der Waals surface area (Å²) in [5, 5.41) is 19.8. The number of nitrogens with zero attached hydrogens (tertiary/aromatic N) is 1. The summed E-state index contributed by atoms with van der Waals surface area (Å²) in [6, 6.07) is 6.95. The maximum absolute atomic E-state index is 13.5. The summed E-state index contributed by atoms with van der Waals surface area (Å²) < 4.78 is 11.3. The lowest BCUT2D eigenvalue weighted by atomic mass is 9.78. The van der Waals surface area contributed by atoms with E-state index in [4.69, 9.17) is 14.9 Å². The average Bonchev–Trinajstić information content (AvgIpc) is 3.05. The molecule has 0 radical (unpaired) electrons. The number of Topliss-reactive ketones (excluding diaryl/α,β-unsaturated/α-hetero) is 1. The van der Waals surface area contributed by atoms with Crippen LogP contribution in [0, 0.1) is 5.41 Å². The molecule has 2 aromatic rings. The van der Waals surface area contributed by atoms with Crippen molar-refractivity contribution in [2.24, 2.45) is 0 Å². The number of ether oxygens (including phenoxy) is 2. The topological polar surface area (TPSA) is 99.9 Å². The van der Waals surface area contributed by atoms with Gasteiger partial charge in [0.25, 0.3) is 0 Å². The summed E-state index contributed by atoms with van der Waals surface area (Å²) in [6.45, 7) is 20.0. The number of amidine groups is 1. The van der Waals surface area contributed by atoms with Crippen LogP contribution < -0.4 is 4.74 Å². The molecule has 0 saturated carbocycles. The number of phenols is 1. The standard InChI is InChI=1S/C31H42N2O5.BrH/c1-11-37-25-15-20-19(12-21(25)28(36)38-31(8,9)10)16-33(27(20)32)17-24(34)18-13-22(29(2,3)4)26(35)23(14-18)30(5,6)7;/h12-15,32,35H,11,16-17H2,1-10H3;1H. The molecule has 0 fully saturated rings. The van der Waals surface area contributed by atoms with E-state index in [-0.39, 0.29) is 51.7 Å². The number of carbonyl (C=O) groups is 2. The zero-order chi connectivity index (χ0) is 28.8. The molecule has 2 N–H and O–H groups in total. The number of hydrogen-bond donors (Lipinski definition) is 2. The second kappa shape index (κ2) is 11.3. The summed E-state index contributed by atoms with van der Waals surface area (Å²) in [5.41, 5.74) is 2.28. The Hall–Kier alpha value is -2.87. The van der Waals surface area contributed by atoms with Gasteiger partial charge in [0, 0.05) is 28.8 Å². The largest absolute Gasteiger partial charge is 0.507 e. The number of benzene rings is 2. The smallest absolute Gasteiger partial charge is 0.342 e. The molecule has 1 heterocycles. The summed E-state index contributed by atoms with van der Waals surface area (Å²) in [7, 11) is 0. The first kappa shape index (κ1) is 32.3. The zero-order valence-corrected chi connectivity index (χ0v) is 26.6. The summed E-state index contributed by atoms with van der Waals surface area (Å²) in [4.78, 5) is 28.1. The Morgan fingerprint density at radius 3 is 1.95 bits per heavy atom. The minimum absolute atomic E-state index is 0. The van der Waals surface area contributed by atoms with Gasteiger partial charge in [0.2, 0.25) is 0 Å². The lowest BCUT2D eigenvalue weighted by Crippen LogP contribution is -2.30. The van der Waals surface area contributed by atoms with E-state index in [1.54, 1.807) is 49.9 Å². The second-order valence-electron chi connectivity index (χ2n) is 13.0. The van der Waals surface area contributed by atoms with Gasteiger partial charge in [-0.15, -0.1) is 17.0 Å². The van der Waals surface area contributed by atoms with Gasteiger partial charge in [0.1, 0.15) is 28.5 Å². The molecule has 0 saturated heterocycles. The summed E-state index contributed by atoms with van der Waals surface area (Å²) in [5.74, 6) is 0.160. The molecule has 1 aliphatic rings. The van der Waals surface area contributed by atoms with Gasteiger partial charge >= 0.3 is 5.97 Å². The van der Waals surface area contributed by atoms with E-state index in [1.807, 2.05) is 48.5 Å². The number of fused-ring (bicyclic) bond motifs is 1. The van der Waals surface area contributed by atoms with Gasteiger partial charge in [-0.25, -0.2) is 4.79 Å². The number of esters is 1. The molecule has 0 aromatic heterocycles. The number of carbonyl (C=O) groups excluding carboxylic acids is 2. The molecule has 3 rings (SSSR count). The highest BCUT2D eigenvalue weighted by Gasteiger charge is 2.32. The number of nitrogens with one attached hydrogen (secondary N) is 1. The van der Waals surface area contributed by atoms with Crippen molar-refractivity contribution in [3.63, 3.8) is 0 Å². The highest BCUT2D eigenvalue weighted by molar-refractivity contribution is 8.93. The van der Waals surface area contributed by atoms with Crippen molar-refractivity contribution >= 4 is 34.6 Å². The lowest BCUT2D eigenvalue weighted by molar-refractivity contribution is 0.00656. The van der Waals surface area contributed by atoms with Crippen LogP contribution in [0.2, 0.25) is 0 Å². The predicted molar refractivity (Wildman–Crippen MR) is 160 cm³/mol. The molecule has 0 spiro atoms. The van der Waals surface area contributed by atoms with E-state index >= 15 is 0 Å². The summed E-state index contributed by atoms with van der Waals surface area (Å²) >= 11 is 0. The molecule has 8 heteroatoms. The van der Waals surface area contributed by atoms with Gasteiger partial charge in [-0.05, 0) is 68.4 Å². The highest BCUT2D eigenvalue weighted by atomic mass is 79.9. The number of hydrogen-bond acceptors (Lipinski definition) is 6. The lowest BCUT2D eigenvalue weighted by Gasteiger charge is -2.28. The molecular formula is C31H43BrN2O5. The molecule has 2 aromatic carbocycles. The quantitative estimate of drug-likeness (QED) is 0.274. The highest BCUT2D eigenvalue weighted by Crippen LogP contribution is 2.40. The predicted octanol–water partition coefficient (Wildman–Crippen LogP) is 6.94. The van der Waals surface area contributed by atoms with Crippen molar-refractivity contribution in [2.45, 2.75) is 92.2 Å². The van der Waals surface area contributed by atoms with Crippen molar-refractivity contribution in [1.82, 2.24) is 4.90 Å². The van der Waals surface area contributed by atoms with E-state index in [1.165, 1.54) is 0 Å². The Bertz CT molecular complexity index is 1240. The molecular weight excluding hydrogens is 560 g/mol. The van der Waals surface area contributed by atoms with E-state index in [9.17, 15) is 14.7 Å². The van der Waals surface area contributed by atoms with Crippen molar-refractivity contribution in [1.29, 1.82) is 5.41 Å². The van der Waals surface area contributed by atoms with Gasteiger partial charge in [-0.1, -0.05) is 41.5 Å². The van der Waals surface area contributed by atoms with Gasteiger partial charge < -0.3 is 19.5 Å². The first-order chi connectivity index (χ1) is 17.3. The first-order valence-electron chi connectivity index (χ1n) is 13.1. The monoisotopic (exact) mass is 602 g/mol. The van der Waals surface area contributed by atoms with Gasteiger partial charge in [-0.3, -0.25) is 10.2 Å². The Morgan fingerprint density at radius 2 is 1.49 bits per heavy atom. The number of ketones is 1. The zero-order valence-electron chi connectivity index (χ0n) is 24.9. The van der Waals surface area contributed by atoms with Gasteiger partial charge in [-0.2, -0.15) is 0 Å². The van der Waals surface area contributed by atoms with Crippen LogP contribution in [-0.2, 0) is 22.1 Å². The second-order valence-corrected chi connectivity index (χ2v) is 13.0. The van der Waals surface area contributed by atoms with Crippen LogP contribution in [0.25, 0.3) is 0 Å². The van der Waals surface area contributed by atoms with Crippen molar-refractivity contribution in [3.8, 4) is 11.5 Å². The molecule has 0 unspecified atom stereocenters. The van der Waals surface area contributed by atoms with Crippen LogP contribution in [0.3, 0.4) is 0 Å². The molecule has 214 valence electrons. The minimum atomic E-state index is -0.660. The van der Waals surface area contributed by atoms with Crippen LogP contribution in [0.1, 0.15) is 112 Å². The van der Waals surface area contributed by atoms with Gasteiger partial charge in [0.15, 0.2) is 5.78 Å². The number of phenolic OH excluding ortho intramolecular Hbond substituents is 1. The number of aromatic hydroxyl groups is 1. The van der Waals surface area contributed by atoms with Gasteiger partial charge in [0.05, 0.1) is 13.2 Å². The van der Waals surface area contributed by atoms with Crippen LogP contribution in [0.5, 0.6) is 11.5 Å². The fraction of sp³-hybridized carbons (Fsp3) is 0.516. The van der Waals surface area contributed by atoms with Crippen LogP contribution in [0.15, 0.2) is 24.3 Å². The minimum Gasteiger partial charge on any atom is -0.507 e. The van der Waals surface area contributed by atoms with Crippen LogP contribution in [-0.4, -0.2) is 46.3 Å². The fourth-order valence-corrected chi connectivity index (χ4v) is 4.54. The molecule has 0 bridgehead atoms. The van der Waals surface area contributed by atoms with E-state index in [0.29, 0.717) is 35.6 Å². The third-order valence-electron chi connectivity index (χ3n) is 6.44. The average molecular weight is 604 g/mol. The Labute approximate surface area is 243 Å². The van der Waals surface area contributed by atoms with Crippen LogP contribution in [0.4, 0.5) is 0 Å². The molecule has 0 atom stereocenters. The molecule has 0 amide bonds. The van der Waals surface area contributed by atoms with E-state index in [0.717, 1.165) is 16.7 Å². The third kappa shape index (κ3) is 7.21. The van der Waals surface area contributed by atoms with E-state index in [2.05, 4.69) is 0 Å². The number of halogens is 1. The maximum Gasteiger partial charge on any atom is 0.342 e. The molecule has 7 nitrogen and oxygen atoms in total. The normalized spacial score (nSPS) is 13.6. The Balaban J connectivity index is 0.00000533. The molecule has 39 heavy (non-hydrogen) atoms. The fourth-order valence-electron chi connectivity index (χ4n) is 4.54. The van der Waals surface area contributed by atoms with Crippen molar-refractivity contribution in [3.05, 3.63) is 57.6 Å². The number of rotatable bonds is 6. The first-order valence-corrected chi connectivity index (χ1v) is 13.1. The Kier molecular flexibility index (Phi) is 9.39. The maximum atomic E-state index is 13.5. The van der Waals surface area contributed by atoms with Crippen molar-refractivity contribution in [2.75, 3.05) is 13.2 Å². The van der Waals surface area contributed by atoms with Crippen LogP contribution >= 0.6 is 17.0 Å². The van der Waals surface area contributed by atoms with Crippen molar-refractivity contribution < 1.29 is 24.2 Å². The summed E-state index contributed by atoms with van der Waals surface area (Å²) in [6.07, 6.45) is 0. The molecule has 1 aliphatic heterocycles. The SMILES string of the molecule is Br.CCOc1cc2c(cc1C(=O)OC(C)(C)C)CN(CC(=O)c1cc(C(C)(C)C)c(O)c(C(C)(C)C)c1)C2=N. The molecule has 0 aliphatic carbocycles.